The van der Waals surface area contributed by atoms with Crippen molar-refractivity contribution in [2.24, 2.45) is 17.4 Å². The van der Waals surface area contributed by atoms with E-state index in [4.69, 9.17) is 11.5 Å². The van der Waals surface area contributed by atoms with Gasteiger partial charge in [0, 0.05) is 18.3 Å². The Morgan fingerprint density at radius 2 is 1.64 bits per heavy atom. The first-order chi connectivity index (χ1) is 18.7. The van der Waals surface area contributed by atoms with Gasteiger partial charge in [-0.05, 0) is 43.7 Å². The largest absolute Gasteiger partial charge is 0.480 e. The van der Waals surface area contributed by atoms with Crippen LogP contribution in [0.15, 0.2) is 42.9 Å². The van der Waals surface area contributed by atoms with Crippen molar-refractivity contribution in [2.75, 3.05) is 6.54 Å². The van der Waals surface area contributed by atoms with Crippen molar-refractivity contribution in [3.63, 3.8) is 0 Å². The van der Waals surface area contributed by atoms with E-state index in [0.29, 0.717) is 37.9 Å². The van der Waals surface area contributed by atoms with Gasteiger partial charge in [0.1, 0.15) is 18.1 Å². The van der Waals surface area contributed by atoms with Crippen molar-refractivity contribution < 1.29 is 24.3 Å². The lowest BCUT2D eigenvalue weighted by Crippen LogP contribution is -2.58. The number of nitrogens with one attached hydrogen (secondary N) is 4. The summed E-state index contributed by atoms with van der Waals surface area (Å²) >= 11 is 0. The molecule has 0 radical (unpaired) electrons. The number of carboxylic acid groups (broad SMARTS) is 1. The van der Waals surface area contributed by atoms with Gasteiger partial charge in [0.2, 0.25) is 17.7 Å². The number of imidazole rings is 1. The van der Waals surface area contributed by atoms with Crippen molar-refractivity contribution >= 4 is 23.7 Å². The molecule has 0 fully saturated rings. The van der Waals surface area contributed by atoms with Gasteiger partial charge in [-0.25, -0.2) is 9.78 Å². The van der Waals surface area contributed by atoms with Gasteiger partial charge in [0.05, 0.1) is 12.4 Å². The third-order valence-electron chi connectivity index (χ3n) is 6.60. The predicted molar refractivity (Wildman–Crippen MR) is 146 cm³/mol. The van der Waals surface area contributed by atoms with Crippen LogP contribution < -0.4 is 27.4 Å². The second kappa shape index (κ2) is 16.2. The molecule has 1 heterocycles. The molecule has 1 aromatic carbocycles. The normalized spacial score (nSPS) is 14.9. The SMILES string of the molecule is CCC(C)C(NC(=O)C(Cc1cnc[nH]1)NC(=O)C(CCCCN)NC(=O)C(N)Cc1ccccc1)C(=O)O. The zero-order chi connectivity index (χ0) is 28.8. The number of H-pyrrole nitrogens is 1. The second-order valence-electron chi connectivity index (χ2n) is 9.69. The molecule has 12 heteroatoms. The van der Waals surface area contributed by atoms with Crippen LogP contribution in [-0.4, -0.2) is 69.5 Å². The van der Waals surface area contributed by atoms with E-state index in [0.717, 1.165) is 5.56 Å². The Kier molecular flexibility index (Phi) is 13.1. The van der Waals surface area contributed by atoms with E-state index in [1.807, 2.05) is 37.3 Å². The molecule has 12 nitrogen and oxygen atoms in total. The van der Waals surface area contributed by atoms with Gasteiger partial charge in [0.15, 0.2) is 0 Å². The molecule has 0 saturated carbocycles. The zero-order valence-electron chi connectivity index (χ0n) is 22.6. The number of nitrogens with two attached hydrogens (primary N) is 2. The lowest BCUT2D eigenvalue weighted by Gasteiger charge is -2.26. The fourth-order valence-electron chi connectivity index (χ4n) is 4.04. The van der Waals surface area contributed by atoms with Gasteiger partial charge < -0.3 is 37.5 Å². The summed E-state index contributed by atoms with van der Waals surface area (Å²) in [7, 11) is 0. The summed E-state index contributed by atoms with van der Waals surface area (Å²) in [5.41, 5.74) is 13.2. The maximum Gasteiger partial charge on any atom is 0.326 e. The fourth-order valence-corrected chi connectivity index (χ4v) is 4.04. The predicted octanol–water partition coefficient (Wildman–Crippen LogP) is 0.236. The molecular weight excluding hydrogens is 502 g/mol. The number of nitrogens with zero attached hydrogens (tertiary/aromatic N) is 1. The van der Waals surface area contributed by atoms with Gasteiger partial charge in [-0.3, -0.25) is 14.4 Å². The Morgan fingerprint density at radius 1 is 0.974 bits per heavy atom. The molecule has 9 N–H and O–H groups in total. The number of aromatic nitrogens is 2. The van der Waals surface area contributed by atoms with E-state index in [1.54, 1.807) is 6.92 Å². The first kappa shape index (κ1) is 31.4. The maximum absolute atomic E-state index is 13.4. The Balaban J connectivity index is 2.18. The summed E-state index contributed by atoms with van der Waals surface area (Å²) in [6.45, 7) is 3.98. The van der Waals surface area contributed by atoms with Crippen LogP contribution in [0.3, 0.4) is 0 Å². The van der Waals surface area contributed by atoms with Crippen LogP contribution >= 0.6 is 0 Å². The minimum Gasteiger partial charge on any atom is -0.480 e. The Morgan fingerprint density at radius 3 is 2.23 bits per heavy atom. The summed E-state index contributed by atoms with van der Waals surface area (Å²) in [6.07, 6.45) is 5.32. The number of carboxylic acids is 1. The molecule has 5 unspecified atom stereocenters. The quantitative estimate of drug-likeness (QED) is 0.137. The first-order valence-electron chi connectivity index (χ1n) is 13.3. The Labute approximate surface area is 228 Å². The molecule has 1 aromatic heterocycles. The molecule has 2 aromatic rings. The minimum atomic E-state index is -1.16. The average Bonchev–Trinajstić information content (AvgIpc) is 3.43. The molecule has 2 rings (SSSR count). The highest BCUT2D eigenvalue weighted by Crippen LogP contribution is 2.10. The molecule has 3 amide bonds. The van der Waals surface area contributed by atoms with Crippen LogP contribution in [0, 0.1) is 5.92 Å². The third kappa shape index (κ3) is 10.5. The highest BCUT2D eigenvalue weighted by Gasteiger charge is 2.32. The average molecular weight is 544 g/mol. The van der Waals surface area contributed by atoms with E-state index in [9.17, 15) is 24.3 Å². The molecule has 5 atom stereocenters. The zero-order valence-corrected chi connectivity index (χ0v) is 22.6. The Bertz CT molecular complexity index is 1050. The van der Waals surface area contributed by atoms with Gasteiger partial charge in [0.25, 0.3) is 0 Å². The number of hydrogen-bond acceptors (Lipinski definition) is 7. The molecule has 39 heavy (non-hydrogen) atoms. The van der Waals surface area contributed by atoms with Gasteiger partial charge in [-0.2, -0.15) is 0 Å². The Hall–Kier alpha value is -3.77. The number of rotatable bonds is 17. The number of hydrogen-bond donors (Lipinski definition) is 7. The van der Waals surface area contributed by atoms with Gasteiger partial charge >= 0.3 is 5.97 Å². The minimum absolute atomic E-state index is 0.0431. The number of aromatic amines is 1. The van der Waals surface area contributed by atoms with Crippen molar-refractivity contribution in [1.29, 1.82) is 0 Å². The first-order valence-corrected chi connectivity index (χ1v) is 13.3. The lowest BCUT2D eigenvalue weighted by molar-refractivity contribution is -0.143. The van der Waals surface area contributed by atoms with Crippen LogP contribution in [0.25, 0.3) is 0 Å². The van der Waals surface area contributed by atoms with Gasteiger partial charge in [-0.1, -0.05) is 50.6 Å². The maximum atomic E-state index is 13.4. The number of carbonyl (C=O) groups excluding carboxylic acids is 3. The second-order valence-corrected chi connectivity index (χ2v) is 9.69. The molecule has 0 saturated heterocycles. The molecule has 0 aliphatic heterocycles. The molecule has 0 aliphatic carbocycles. The van der Waals surface area contributed by atoms with Gasteiger partial charge in [-0.15, -0.1) is 0 Å². The number of aliphatic carboxylic acids is 1. The molecule has 0 bridgehead atoms. The molecule has 0 aliphatic rings. The van der Waals surface area contributed by atoms with Crippen LogP contribution in [-0.2, 0) is 32.0 Å². The topological polar surface area (TPSA) is 205 Å². The van der Waals surface area contributed by atoms with Crippen molar-refractivity contribution in [3.05, 3.63) is 54.1 Å². The summed E-state index contributed by atoms with van der Waals surface area (Å²) in [6, 6.07) is 5.21. The molecule has 214 valence electrons. The van der Waals surface area contributed by atoms with Crippen molar-refractivity contribution in [2.45, 2.75) is 76.5 Å². The lowest BCUT2D eigenvalue weighted by atomic mass is 9.98. The highest BCUT2D eigenvalue weighted by atomic mass is 16.4. The van der Waals surface area contributed by atoms with Crippen molar-refractivity contribution in [3.8, 4) is 0 Å². The summed E-state index contributed by atoms with van der Waals surface area (Å²) in [4.78, 5) is 58.1. The van der Waals surface area contributed by atoms with E-state index >= 15 is 0 Å². The van der Waals surface area contributed by atoms with E-state index in [1.165, 1.54) is 12.5 Å². The number of unbranched alkanes of at least 4 members (excludes halogenated alkanes) is 1. The summed E-state index contributed by atoms with van der Waals surface area (Å²) in [5, 5.41) is 17.6. The highest BCUT2D eigenvalue weighted by molar-refractivity contribution is 5.94. The van der Waals surface area contributed by atoms with Crippen LogP contribution in [0.1, 0.15) is 50.8 Å². The number of amides is 3. The van der Waals surface area contributed by atoms with Crippen LogP contribution in [0.5, 0.6) is 0 Å². The standard InChI is InChI=1S/C27H41N7O5/c1-3-17(2)23(27(38)39)34-26(37)22(14-19-15-30-16-31-19)33-25(36)21(11-7-8-12-28)32-24(35)20(29)13-18-9-5-4-6-10-18/h4-6,9-10,15-17,20-23H,3,7-8,11-14,28-29H2,1-2H3,(H,30,31)(H,32,35)(H,33,36)(H,34,37)(H,38,39). The van der Waals surface area contributed by atoms with E-state index in [2.05, 4.69) is 25.9 Å². The molecule has 0 spiro atoms. The fraction of sp³-hybridized carbons (Fsp3) is 0.519. The van der Waals surface area contributed by atoms with Crippen LogP contribution in [0.4, 0.5) is 0 Å². The smallest absolute Gasteiger partial charge is 0.326 e. The number of benzene rings is 1. The summed E-state index contributed by atoms with van der Waals surface area (Å²) in [5.74, 6) is -3.22. The van der Waals surface area contributed by atoms with Crippen LogP contribution in [0.2, 0.25) is 0 Å². The third-order valence-corrected chi connectivity index (χ3v) is 6.60. The molecular formula is C27H41N7O5. The van der Waals surface area contributed by atoms with E-state index in [-0.39, 0.29) is 18.8 Å². The number of carbonyl (C=O) groups is 4. The van der Waals surface area contributed by atoms with E-state index < -0.39 is 47.9 Å². The van der Waals surface area contributed by atoms with Crippen molar-refractivity contribution in [1.82, 2.24) is 25.9 Å². The summed E-state index contributed by atoms with van der Waals surface area (Å²) < 4.78 is 0. The monoisotopic (exact) mass is 543 g/mol.